The van der Waals surface area contributed by atoms with Gasteiger partial charge in [0.2, 0.25) is 0 Å². The number of aromatic amines is 1. The quantitative estimate of drug-likeness (QED) is 0.628. The summed E-state index contributed by atoms with van der Waals surface area (Å²) in [6.45, 7) is 2.55. The Morgan fingerprint density at radius 1 is 1.18 bits per heavy atom. The van der Waals surface area contributed by atoms with Crippen LogP contribution in [0.1, 0.15) is 77.6 Å². The number of thiocarbonyl (C=S) groups is 1. The highest BCUT2D eigenvalue weighted by molar-refractivity contribution is 7.80. The van der Waals surface area contributed by atoms with Gasteiger partial charge >= 0.3 is 5.69 Å². The van der Waals surface area contributed by atoms with Gasteiger partial charge in [-0.2, -0.15) is 0 Å². The van der Waals surface area contributed by atoms with Crippen LogP contribution in [0.4, 0.5) is 11.5 Å². The molecular formula is C20H33N5O2S. The molecule has 28 heavy (non-hydrogen) atoms. The van der Waals surface area contributed by atoms with Crippen molar-refractivity contribution in [2.24, 2.45) is 0 Å². The van der Waals surface area contributed by atoms with E-state index in [0.29, 0.717) is 23.4 Å². The molecule has 1 aromatic heterocycles. The summed E-state index contributed by atoms with van der Waals surface area (Å²) in [6.07, 6.45) is 11.8. The number of H-pyrrole nitrogens is 1. The molecule has 1 heterocycles. The first kappa shape index (κ1) is 20.9. The Bertz CT molecular complexity index is 791. The number of aromatic nitrogens is 2. The zero-order valence-corrected chi connectivity index (χ0v) is 17.7. The van der Waals surface area contributed by atoms with E-state index in [1.807, 2.05) is 4.90 Å². The van der Waals surface area contributed by atoms with E-state index >= 15 is 0 Å². The normalized spacial score (nSPS) is 18.3. The Balaban J connectivity index is 1.96. The Morgan fingerprint density at radius 3 is 2.46 bits per heavy atom. The monoisotopic (exact) mass is 407 g/mol. The molecule has 0 spiro atoms. The molecular weight excluding hydrogens is 374 g/mol. The first-order valence-corrected chi connectivity index (χ1v) is 11.2. The predicted octanol–water partition coefficient (Wildman–Crippen LogP) is 2.88. The van der Waals surface area contributed by atoms with Crippen molar-refractivity contribution in [2.75, 3.05) is 10.6 Å². The minimum absolute atomic E-state index is 0.143. The highest BCUT2D eigenvalue weighted by Crippen LogP contribution is 2.30. The van der Waals surface area contributed by atoms with Crippen LogP contribution in [0.5, 0.6) is 0 Å². The summed E-state index contributed by atoms with van der Waals surface area (Å²) in [4.78, 5) is 29.5. The molecule has 0 atom stereocenters. The van der Waals surface area contributed by atoms with Crippen molar-refractivity contribution in [1.82, 2.24) is 14.9 Å². The number of nitrogen functional groups attached to an aromatic ring is 1. The van der Waals surface area contributed by atoms with Crippen LogP contribution >= 0.6 is 12.2 Å². The van der Waals surface area contributed by atoms with Crippen molar-refractivity contribution in [3.8, 4) is 0 Å². The van der Waals surface area contributed by atoms with E-state index in [-0.39, 0.29) is 11.9 Å². The third-order valence-corrected chi connectivity index (χ3v) is 6.35. The number of nitrogens with one attached hydrogen (secondary N) is 2. The lowest BCUT2D eigenvalue weighted by Gasteiger charge is -2.35. The molecule has 2 saturated carbocycles. The van der Waals surface area contributed by atoms with Crippen molar-refractivity contribution >= 4 is 28.8 Å². The number of rotatable bonds is 6. The zero-order chi connectivity index (χ0) is 20.1. The smallest absolute Gasteiger partial charge is 0.330 e. The van der Waals surface area contributed by atoms with E-state index in [1.165, 1.54) is 23.8 Å². The molecule has 3 rings (SSSR count). The van der Waals surface area contributed by atoms with Crippen molar-refractivity contribution in [3.05, 3.63) is 20.8 Å². The SMILES string of the molecule is CCCCn1c(N)c(N(C(=S)NC2CCCCC2)C2CCCC2)c(=O)[nH]c1=O. The molecule has 2 aliphatic rings. The summed E-state index contributed by atoms with van der Waals surface area (Å²) in [6, 6.07) is 0.487. The van der Waals surface area contributed by atoms with E-state index < -0.39 is 11.2 Å². The maximum Gasteiger partial charge on any atom is 0.330 e. The van der Waals surface area contributed by atoms with Crippen LogP contribution in [0.15, 0.2) is 9.59 Å². The molecule has 0 bridgehead atoms. The van der Waals surface area contributed by atoms with Gasteiger partial charge in [0.05, 0.1) is 0 Å². The predicted molar refractivity (Wildman–Crippen MR) is 118 cm³/mol. The largest absolute Gasteiger partial charge is 0.383 e. The summed E-state index contributed by atoms with van der Waals surface area (Å²) in [5.74, 6) is 0.224. The maximum atomic E-state index is 12.8. The average molecular weight is 408 g/mol. The van der Waals surface area contributed by atoms with Gasteiger partial charge in [-0.25, -0.2) is 4.79 Å². The average Bonchev–Trinajstić information content (AvgIpc) is 3.19. The van der Waals surface area contributed by atoms with E-state index in [4.69, 9.17) is 18.0 Å². The number of nitrogens with zero attached hydrogens (tertiary/aromatic N) is 2. The van der Waals surface area contributed by atoms with Crippen molar-refractivity contribution in [2.45, 2.75) is 96.2 Å². The summed E-state index contributed by atoms with van der Waals surface area (Å²) >= 11 is 5.78. The lowest BCUT2D eigenvalue weighted by Crippen LogP contribution is -2.52. The molecule has 0 radical (unpaired) electrons. The molecule has 0 aromatic carbocycles. The first-order chi connectivity index (χ1) is 13.5. The fourth-order valence-corrected chi connectivity index (χ4v) is 4.86. The Labute approximate surface area is 171 Å². The van der Waals surface area contributed by atoms with Crippen LogP contribution in [0.3, 0.4) is 0 Å². The molecule has 2 aliphatic carbocycles. The number of unbranched alkanes of at least 4 members (excludes halogenated alkanes) is 1. The van der Waals surface area contributed by atoms with E-state index in [1.54, 1.807) is 0 Å². The van der Waals surface area contributed by atoms with Crippen molar-refractivity contribution in [1.29, 1.82) is 0 Å². The molecule has 7 nitrogen and oxygen atoms in total. The first-order valence-electron chi connectivity index (χ1n) is 10.7. The van der Waals surface area contributed by atoms with Crippen LogP contribution in [-0.4, -0.2) is 26.7 Å². The van der Waals surface area contributed by atoms with Gasteiger partial charge in [-0.1, -0.05) is 45.4 Å². The second-order valence-electron chi connectivity index (χ2n) is 8.09. The van der Waals surface area contributed by atoms with Crippen LogP contribution in [0, 0.1) is 0 Å². The molecule has 0 amide bonds. The lowest BCUT2D eigenvalue weighted by atomic mass is 9.96. The third-order valence-electron chi connectivity index (χ3n) is 6.03. The molecule has 156 valence electrons. The highest BCUT2D eigenvalue weighted by Gasteiger charge is 2.31. The van der Waals surface area contributed by atoms with E-state index in [2.05, 4.69) is 17.2 Å². The third kappa shape index (κ3) is 4.59. The summed E-state index contributed by atoms with van der Waals surface area (Å²) in [7, 11) is 0. The van der Waals surface area contributed by atoms with Gasteiger partial charge in [0.15, 0.2) is 10.8 Å². The summed E-state index contributed by atoms with van der Waals surface area (Å²) in [5, 5.41) is 4.05. The minimum atomic E-state index is -0.449. The minimum Gasteiger partial charge on any atom is -0.383 e. The second-order valence-corrected chi connectivity index (χ2v) is 8.48. The van der Waals surface area contributed by atoms with E-state index in [0.717, 1.165) is 51.4 Å². The number of anilines is 2. The standard InChI is InChI=1S/C20H33N5O2S/c1-2-3-13-24-17(21)16(18(26)23-19(24)27)25(15-11-7-8-12-15)20(28)22-14-9-5-4-6-10-14/h14-15H,2-13,21H2,1H3,(H,22,28)(H,23,26,27). The Morgan fingerprint density at radius 2 is 1.82 bits per heavy atom. The Hall–Kier alpha value is -1.83. The van der Waals surface area contributed by atoms with Gasteiger partial charge < -0.3 is 16.0 Å². The fourth-order valence-electron chi connectivity index (χ4n) is 4.45. The highest BCUT2D eigenvalue weighted by atomic mass is 32.1. The van der Waals surface area contributed by atoms with Crippen LogP contribution in [0.2, 0.25) is 0 Å². The van der Waals surface area contributed by atoms with Crippen LogP contribution in [-0.2, 0) is 6.54 Å². The fraction of sp³-hybridized carbons (Fsp3) is 0.750. The second kappa shape index (κ2) is 9.58. The number of hydrogen-bond donors (Lipinski definition) is 3. The molecule has 2 fully saturated rings. The van der Waals surface area contributed by atoms with Gasteiger partial charge in [0, 0.05) is 18.6 Å². The molecule has 1 aromatic rings. The maximum absolute atomic E-state index is 12.8. The van der Waals surface area contributed by atoms with Crippen molar-refractivity contribution < 1.29 is 0 Å². The van der Waals surface area contributed by atoms with E-state index in [9.17, 15) is 9.59 Å². The molecule has 0 saturated heterocycles. The molecule has 4 N–H and O–H groups in total. The zero-order valence-electron chi connectivity index (χ0n) is 16.8. The number of nitrogens with two attached hydrogens (primary N) is 1. The van der Waals surface area contributed by atoms with Gasteiger partial charge in [-0.05, 0) is 44.3 Å². The van der Waals surface area contributed by atoms with Crippen molar-refractivity contribution in [3.63, 3.8) is 0 Å². The lowest BCUT2D eigenvalue weighted by molar-refractivity contribution is 0.412. The molecule has 8 heteroatoms. The molecule has 0 unspecified atom stereocenters. The topological polar surface area (TPSA) is 96.2 Å². The van der Waals surface area contributed by atoms with Crippen LogP contribution < -0.4 is 27.2 Å². The van der Waals surface area contributed by atoms with Crippen LogP contribution in [0.25, 0.3) is 0 Å². The summed E-state index contributed by atoms with van der Waals surface area (Å²) in [5.41, 5.74) is 5.81. The van der Waals surface area contributed by atoms with Gasteiger partial charge in [0.25, 0.3) is 5.56 Å². The van der Waals surface area contributed by atoms with Gasteiger partial charge in [-0.3, -0.25) is 14.3 Å². The summed E-state index contributed by atoms with van der Waals surface area (Å²) < 4.78 is 1.48. The number of hydrogen-bond acceptors (Lipinski definition) is 4. The van der Waals surface area contributed by atoms with Gasteiger partial charge in [-0.15, -0.1) is 0 Å². The van der Waals surface area contributed by atoms with Gasteiger partial charge in [0.1, 0.15) is 5.82 Å². The molecule has 0 aliphatic heterocycles. The Kier molecular flexibility index (Phi) is 7.15.